The molecule has 1 N–H and O–H groups in total. The fourth-order valence-corrected chi connectivity index (χ4v) is 4.65. The van der Waals surface area contributed by atoms with E-state index < -0.39 is 9.84 Å². The van der Waals surface area contributed by atoms with Gasteiger partial charge in [0.15, 0.2) is 9.84 Å². The number of aryl methyl sites for hydroxylation is 1. The maximum absolute atomic E-state index is 11.5. The van der Waals surface area contributed by atoms with Crippen molar-refractivity contribution in [2.24, 2.45) is 0 Å². The van der Waals surface area contributed by atoms with E-state index in [1.165, 1.54) is 11.3 Å². The topological polar surface area (TPSA) is 83.4 Å². The maximum atomic E-state index is 11.5. The number of hydrogen-bond donors (Lipinski definition) is 1. The third-order valence-electron chi connectivity index (χ3n) is 3.02. The second kappa shape index (κ2) is 5.60. The lowest BCUT2D eigenvalue weighted by Crippen LogP contribution is -2.37. The number of aliphatic hydroxyl groups is 1. The van der Waals surface area contributed by atoms with Crippen molar-refractivity contribution in [1.82, 2.24) is 15.1 Å². The number of hydrogen-bond acceptors (Lipinski definition) is 7. The van der Waals surface area contributed by atoms with Gasteiger partial charge in [0.25, 0.3) is 0 Å². The average Bonchev–Trinajstić information content (AvgIpc) is 2.84. The average molecular weight is 291 g/mol. The van der Waals surface area contributed by atoms with Crippen LogP contribution in [0.3, 0.4) is 0 Å². The van der Waals surface area contributed by atoms with Gasteiger partial charge in [0.1, 0.15) is 10.0 Å². The summed E-state index contributed by atoms with van der Waals surface area (Å²) >= 11 is 1.51. The van der Waals surface area contributed by atoms with Crippen LogP contribution in [-0.4, -0.2) is 59.3 Å². The van der Waals surface area contributed by atoms with Crippen molar-refractivity contribution in [2.75, 3.05) is 24.7 Å². The molecule has 0 amide bonds. The first-order valence-electron chi connectivity index (χ1n) is 5.84. The lowest BCUT2D eigenvalue weighted by atomic mass is 10.2. The lowest BCUT2D eigenvalue weighted by molar-refractivity contribution is 0.153. The minimum atomic E-state index is -2.90. The van der Waals surface area contributed by atoms with Gasteiger partial charge in [0, 0.05) is 12.6 Å². The van der Waals surface area contributed by atoms with Crippen LogP contribution in [0.25, 0.3) is 0 Å². The monoisotopic (exact) mass is 291 g/mol. The molecule has 0 aromatic carbocycles. The normalized spacial score (nSPS) is 22.7. The number of nitrogens with zero attached hydrogens (tertiary/aromatic N) is 3. The molecule has 18 heavy (non-hydrogen) atoms. The summed E-state index contributed by atoms with van der Waals surface area (Å²) < 4.78 is 23.0. The van der Waals surface area contributed by atoms with Gasteiger partial charge in [-0.25, -0.2) is 8.42 Å². The van der Waals surface area contributed by atoms with Crippen LogP contribution < -0.4 is 0 Å². The van der Waals surface area contributed by atoms with Crippen LogP contribution in [0, 0.1) is 6.92 Å². The first-order valence-corrected chi connectivity index (χ1v) is 8.48. The van der Waals surface area contributed by atoms with Gasteiger partial charge < -0.3 is 5.11 Å². The molecule has 1 aromatic heterocycles. The Balaban J connectivity index is 2.04. The van der Waals surface area contributed by atoms with Gasteiger partial charge >= 0.3 is 0 Å². The molecule has 1 atom stereocenters. The van der Waals surface area contributed by atoms with Crippen LogP contribution in [-0.2, 0) is 16.4 Å². The SMILES string of the molecule is Cc1nnc(CN(CCO)[C@H]2CCS(=O)(=O)C2)s1. The Morgan fingerprint density at radius 1 is 1.50 bits per heavy atom. The van der Waals surface area contributed by atoms with Crippen LogP contribution in [0.2, 0.25) is 0 Å². The standard InChI is InChI=1S/C10H17N3O3S2/c1-8-11-12-10(17-8)6-13(3-4-14)9-2-5-18(15,16)7-9/h9,14H,2-7H2,1H3/t9-/m0/s1. The Morgan fingerprint density at radius 3 is 2.78 bits per heavy atom. The number of sulfone groups is 1. The molecular formula is C10H17N3O3S2. The summed E-state index contributed by atoms with van der Waals surface area (Å²) in [6.07, 6.45) is 0.639. The molecule has 0 radical (unpaired) electrons. The molecule has 1 aliphatic heterocycles. The molecule has 1 aromatic rings. The van der Waals surface area contributed by atoms with E-state index in [2.05, 4.69) is 10.2 Å². The highest BCUT2D eigenvalue weighted by molar-refractivity contribution is 7.91. The predicted octanol–water partition coefficient (Wildman–Crippen LogP) is -0.172. The van der Waals surface area contributed by atoms with Crippen molar-refractivity contribution >= 4 is 21.2 Å². The summed E-state index contributed by atoms with van der Waals surface area (Å²) in [5.41, 5.74) is 0. The minimum Gasteiger partial charge on any atom is -0.395 e. The molecule has 0 unspecified atom stereocenters. The van der Waals surface area contributed by atoms with E-state index in [-0.39, 0.29) is 24.2 Å². The van der Waals surface area contributed by atoms with Crippen LogP contribution in [0.5, 0.6) is 0 Å². The maximum Gasteiger partial charge on any atom is 0.151 e. The molecule has 0 saturated carbocycles. The minimum absolute atomic E-state index is 0.00800. The Bertz CT molecular complexity index is 500. The molecule has 2 rings (SSSR count). The molecule has 8 heteroatoms. The Hall–Kier alpha value is -0.570. The molecule has 0 spiro atoms. The van der Waals surface area contributed by atoms with E-state index in [4.69, 9.17) is 5.11 Å². The highest BCUT2D eigenvalue weighted by Crippen LogP contribution is 2.20. The van der Waals surface area contributed by atoms with Crippen molar-refractivity contribution in [2.45, 2.75) is 25.9 Å². The van der Waals surface area contributed by atoms with Gasteiger partial charge in [0.05, 0.1) is 24.7 Å². The molecule has 0 bridgehead atoms. The van der Waals surface area contributed by atoms with Crippen LogP contribution >= 0.6 is 11.3 Å². The van der Waals surface area contributed by atoms with Gasteiger partial charge in [-0.1, -0.05) is 0 Å². The van der Waals surface area contributed by atoms with Crippen LogP contribution in [0.4, 0.5) is 0 Å². The van der Waals surface area contributed by atoms with Gasteiger partial charge in [-0.3, -0.25) is 4.90 Å². The van der Waals surface area contributed by atoms with Crippen LogP contribution in [0.15, 0.2) is 0 Å². The molecule has 1 fully saturated rings. The first-order chi connectivity index (χ1) is 8.50. The number of aromatic nitrogens is 2. The van der Waals surface area contributed by atoms with E-state index >= 15 is 0 Å². The van der Waals surface area contributed by atoms with Crippen LogP contribution in [0.1, 0.15) is 16.4 Å². The summed E-state index contributed by atoms with van der Waals surface area (Å²) in [4.78, 5) is 1.99. The predicted molar refractivity (Wildman–Crippen MR) is 69.2 cm³/mol. The third-order valence-corrected chi connectivity index (χ3v) is 5.59. The molecule has 1 aliphatic rings. The molecule has 1 saturated heterocycles. The second-order valence-electron chi connectivity index (χ2n) is 4.47. The highest BCUT2D eigenvalue weighted by Gasteiger charge is 2.32. The van der Waals surface area contributed by atoms with E-state index in [1.807, 2.05) is 11.8 Å². The summed E-state index contributed by atoms with van der Waals surface area (Å²) in [5.74, 6) is 0.430. The van der Waals surface area contributed by atoms with Gasteiger partial charge in [-0.15, -0.1) is 21.5 Å². The summed E-state index contributed by atoms with van der Waals surface area (Å²) in [5, 5.41) is 18.8. The molecule has 0 aliphatic carbocycles. The van der Waals surface area contributed by atoms with Crippen molar-refractivity contribution in [3.05, 3.63) is 10.0 Å². The highest BCUT2D eigenvalue weighted by atomic mass is 32.2. The van der Waals surface area contributed by atoms with E-state index in [1.54, 1.807) is 0 Å². The summed E-state index contributed by atoms with van der Waals surface area (Å²) in [6, 6.07) is -0.00800. The zero-order valence-electron chi connectivity index (χ0n) is 10.2. The molecule has 6 nitrogen and oxygen atoms in total. The Kier molecular flexibility index (Phi) is 4.31. The Morgan fingerprint density at radius 2 is 2.28 bits per heavy atom. The number of aliphatic hydroxyl groups excluding tert-OH is 1. The molecular weight excluding hydrogens is 274 g/mol. The van der Waals surface area contributed by atoms with Gasteiger partial charge in [-0.2, -0.15) is 0 Å². The van der Waals surface area contributed by atoms with Crippen molar-refractivity contribution in [3.8, 4) is 0 Å². The fraction of sp³-hybridized carbons (Fsp3) is 0.800. The lowest BCUT2D eigenvalue weighted by Gasteiger charge is -2.25. The zero-order chi connectivity index (χ0) is 13.2. The van der Waals surface area contributed by atoms with E-state index in [0.717, 1.165) is 10.0 Å². The zero-order valence-corrected chi connectivity index (χ0v) is 11.9. The first kappa shape index (κ1) is 13.9. The quantitative estimate of drug-likeness (QED) is 0.811. The van der Waals surface area contributed by atoms with Gasteiger partial charge in [0.2, 0.25) is 0 Å². The van der Waals surface area contributed by atoms with Gasteiger partial charge in [-0.05, 0) is 13.3 Å². The largest absolute Gasteiger partial charge is 0.395 e. The summed E-state index contributed by atoms with van der Waals surface area (Å²) in [7, 11) is -2.90. The number of rotatable bonds is 5. The van der Waals surface area contributed by atoms with Crippen molar-refractivity contribution in [3.63, 3.8) is 0 Å². The molecule has 2 heterocycles. The van der Waals surface area contributed by atoms with E-state index in [9.17, 15) is 8.42 Å². The third kappa shape index (κ3) is 3.47. The van der Waals surface area contributed by atoms with Crippen molar-refractivity contribution < 1.29 is 13.5 Å². The second-order valence-corrected chi connectivity index (χ2v) is 7.96. The smallest absolute Gasteiger partial charge is 0.151 e. The van der Waals surface area contributed by atoms with Crippen molar-refractivity contribution in [1.29, 1.82) is 0 Å². The Labute approximate surface area is 111 Å². The molecule has 102 valence electrons. The van der Waals surface area contributed by atoms with E-state index in [0.29, 0.717) is 19.5 Å². The fourth-order valence-electron chi connectivity index (χ4n) is 2.16. The summed E-state index contributed by atoms with van der Waals surface area (Å²) in [6.45, 7) is 2.94.